The molecule has 0 aromatic heterocycles. The zero-order valence-corrected chi connectivity index (χ0v) is 14.4. The molecule has 0 radical (unpaired) electrons. The molecule has 19 heavy (non-hydrogen) atoms. The van der Waals surface area contributed by atoms with Crippen molar-refractivity contribution in [1.29, 1.82) is 0 Å². The summed E-state index contributed by atoms with van der Waals surface area (Å²) in [5.74, 6) is 1.81. The predicted octanol–water partition coefficient (Wildman–Crippen LogP) is 2.26. The van der Waals surface area contributed by atoms with Gasteiger partial charge in [0.1, 0.15) is 0 Å². The van der Waals surface area contributed by atoms with Gasteiger partial charge in [0.25, 0.3) is 10.2 Å². The van der Waals surface area contributed by atoms with E-state index in [1.807, 2.05) is 13.2 Å². The van der Waals surface area contributed by atoms with Crippen LogP contribution in [0, 0.1) is 5.92 Å². The summed E-state index contributed by atoms with van der Waals surface area (Å²) in [5.41, 5.74) is 0. The summed E-state index contributed by atoms with van der Waals surface area (Å²) >= 11 is 7.61. The van der Waals surface area contributed by atoms with E-state index in [2.05, 4.69) is 0 Å². The van der Waals surface area contributed by atoms with Gasteiger partial charge in [-0.05, 0) is 44.1 Å². The smallest absolute Gasteiger partial charge is 0.195 e. The van der Waals surface area contributed by atoms with Gasteiger partial charge in [-0.1, -0.05) is 0 Å². The van der Waals surface area contributed by atoms with Crippen LogP contribution in [-0.2, 0) is 10.2 Å². The first-order chi connectivity index (χ1) is 8.93. The van der Waals surface area contributed by atoms with Gasteiger partial charge in [-0.3, -0.25) is 0 Å². The molecule has 0 saturated carbocycles. The first-order valence-corrected chi connectivity index (χ1v) is 10.0. The van der Waals surface area contributed by atoms with Crippen molar-refractivity contribution in [1.82, 2.24) is 8.61 Å². The summed E-state index contributed by atoms with van der Waals surface area (Å²) in [6.07, 6.45) is 4.85. The second-order valence-corrected chi connectivity index (χ2v) is 8.46. The van der Waals surface area contributed by atoms with E-state index in [9.17, 15) is 8.42 Å². The lowest BCUT2D eigenvalue weighted by Gasteiger charge is -2.35. The van der Waals surface area contributed by atoms with Gasteiger partial charge in [0.2, 0.25) is 0 Å². The fourth-order valence-electron chi connectivity index (χ4n) is 2.24. The number of thioether (sulfide) groups is 1. The standard InChI is InChI=1S/C12H25ClN2O2S2/c1-11(6-8-18-3)14(2)19(16,17)15-7-4-5-12(9-13)10-15/h11-12H,4-10H2,1-3H3. The van der Waals surface area contributed by atoms with Crippen LogP contribution in [0.1, 0.15) is 26.2 Å². The first-order valence-electron chi connectivity index (χ1n) is 6.71. The second-order valence-electron chi connectivity index (χ2n) is 5.18. The minimum Gasteiger partial charge on any atom is -0.195 e. The number of piperidine rings is 1. The quantitative estimate of drug-likeness (QED) is 0.673. The van der Waals surface area contributed by atoms with Crippen LogP contribution < -0.4 is 0 Å². The molecule has 0 N–H and O–H groups in total. The zero-order valence-electron chi connectivity index (χ0n) is 12.0. The van der Waals surface area contributed by atoms with Gasteiger partial charge in [-0.15, -0.1) is 11.6 Å². The Kier molecular flexibility index (Phi) is 7.46. The lowest BCUT2D eigenvalue weighted by Crippen LogP contribution is -2.49. The van der Waals surface area contributed by atoms with Gasteiger partial charge >= 0.3 is 0 Å². The number of halogens is 1. The molecule has 1 fully saturated rings. The van der Waals surface area contributed by atoms with E-state index in [-0.39, 0.29) is 6.04 Å². The third-order valence-corrected chi connectivity index (χ3v) is 6.90. The van der Waals surface area contributed by atoms with Crippen LogP contribution in [0.2, 0.25) is 0 Å². The highest BCUT2D eigenvalue weighted by molar-refractivity contribution is 7.98. The van der Waals surface area contributed by atoms with Crippen molar-refractivity contribution in [3.8, 4) is 0 Å². The summed E-state index contributed by atoms with van der Waals surface area (Å²) in [7, 11) is -1.65. The predicted molar refractivity (Wildman–Crippen MR) is 84.2 cm³/mol. The average molecular weight is 329 g/mol. The number of nitrogens with zero attached hydrogens (tertiary/aromatic N) is 2. The average Bonchev–Trinajstić information content (AvgIpc) is 2.43. The summed E-state index contributed by atoms with van der Waals surface area (Å²) < 4.78 is 28.2. The van der Waals surface area contributed by atoms with Crippen LogP contribution in [0.25, 0.3) is 0 Å². The SMILES string of the molecule is CSCCC(C)N(C)S(=O)(=O)N1CCCC(CCl)C1. The zero-order chi connectivity index (χ0) is 14.5. The van der Waals surface area contributed by atoms with E-state index in [0.717, 1.165) is 25.0 Å². The molecule has 114 valence electrons. The van der Waals surface area contributed by atoms with Crippen molar-refractivity contribution in [2.24, 2.45) is 5.92 Å². The van der Waals surface area contributed by atoms with Crippen LogP contribution >= 0.6 is 23.4 Å². The lowest BCUT2D eigenvalue weighted by molar-refractivity contribution is 0.255. The Labute approximate surface area is 127 Å². The van der Waals surface area contributed by atoms with Crippen molar-refractivity contribution < 1.29 is 8.42 Å². The molecular formula is C12H25ClN2O2S2. The molecule has 2 atom stereocenters. The van der Waals surface area contributed by atoms with Crippen LogP contribution in [-0.4, -0.2) is 61.1 Å². The highest BCUT2D eigenvalue weighted by Crippen LogP contribution is 2.23. The fraction of sp³-hybridized carbons (Fsp3) is 1.00. The van der Waals surface area contributed by atoms with Crippen LogP contribution in [0.4, 0.5) is 0 Å². The molecule has 0 aliphatic carbocycles. The largest absolute Gasteiger partial charge is 0.281 e. The van der Waals surface area contributed by atoms with E-state index in [1.165, 1.54) is 4.31 Å². The Balaban J connectivity index is 2.67. The lowest BCUT2D eigenvalue weighted by atomic mass is 10.0. The number of rotatable bonds is 7. The summed E-state index contributed by atoms with van der Waals surface area (Å²) in [6, 6.07) is 0.0360. The second kappa shape index (κ2) is 8.08. The molecule has 2 unspecified atom stereocenters. The third kappa shape index (κ3) is 4.77. The van der Waals surface area contributed by atoms with Crippen molar-refractivity contribution in [3.63, 3.8) is 0 Å². The van der Waals surface area contributed by atoms with E-state index >= 15 is 0 Å². The molecule has 0 bridgehead atoms. The molecule has 0 aromatic carbocycles. The maximum Gasteiger partial charge on any atom is 0.281 e. The third-order valence-electron chi connectivity index (χ3n) is 3.75. The summed E-state index contributed by atoms with van der Waals surface area (Å²) in [6.45, 7) is 3.15. The normalized spacial score (nSPS) is 23.7. The molecule has 7 heteroatoms. The van der Waals surface area contributed by atoms with Crippen molar-refractivity contribution in [2.75, 3.05) is 38.0 Å². The molecule has 1 aliphatic rings. The Hall–Kier alpha value is 0.510. The Morgan fingerprint density at radius 2 is 2.21 bits per heavy atom. The van der Waals surface area contributed by atoms with Crippen molar-refractivity contribution in [2.45, 2.75) is 32.2 Å². The molecule has 1 heterocycles. The molecule has 1 saturated heterocycles. The summed E-state index contributed by atoms with van der Waals surface area (Å²) in [5, 5.41) is 0. The molecule has 0 spiro atoms. The Morgan fingerprint density at radius 3 is 2.79 bits per heavy atom. The van der Waals surface area contributed by atoms with Gasteiger partial charge in [-0.2, -0.15) is 28.8 Å². The van der Waals surface area contributed by atoms with Crippen LogP contribution in [0.15, 0.2) is 0 Å². The van der Waals surface area contributed by atoms with Crippen LogP contribution in [0.3, 0.4) is 0 Å². The van der Waals surface area contributed by atoms with Gasteiger partial charge in [0.15, 0.2) is 0 Å². The molecule has 1 aliphatic heterocycles. The monoisotopic (exact) mass is 328 g/mol. The summed E-state index contributed by atoms with van der Waals surface area (Å²) in [4.78, 5) is 0. The number of hydrogen-bond acceptors (Lipinski definition) is 3. The van der Waals surface area contributed by atoms with Crippen molar-refractivity contribution in [3.05, 3.63) is 0 Å². The Morgan fingerprint density at radius 1 is 1.53 bits per heavy atom. The first kappa shape index (κ1) is 17.6. The Bertz CT molecular complexity index is 365. The topological polar surface area (TPSA) is 40.6 Å². The van der Waals surface area contributed by atoms with E-state index < -0.39 is 10.2 Å². The molecular weight excluding hydrogens is 304 g/mol. The molecule has 0 amide bonds. The highest BCUT2D eigenvalue weighted by Gasteiger charge is 2.33. The van der Waals surface area contributed by atoms with E-state index in [1.54, 1.807) is 23.1 Å². The number of alkyl halides is 1. The minimum absolute atomic E-state index is 0.0360. The van der Waals surface area contributed by atoms with E-state index in [0.29, 0.717) is 24.9 Å². The molecule has 1 rings (SSSR count). The van der Waals surface area contributed by atoms with Gasteiger partial charge in [0.05, 0.1) is 0 Å². The number of hydrogen-bond donors (Lipinski definition) is 0. The molecule has 0 aromatic rings. The fourth-order valence-corrected chi connectivity index (χ4v) is 4.75. The van der Waals surface area contributed by atoms with Crippen LogP contribution in [0.5, 0.6) is 0 Å². The highest BCUT2D eigenvalue weighted by atomic mass is 35.5. The van der Waals surface area contributed by atoms with Gasteiger partial charge < -0.3 is 0 Å². The van der Waals surface area contributed by atoms with Gasteiger partial charge in [0, 0.05) is 32.1 Å². The van der Waals surface area contributed by atoms with E-state index in [4.69, 9.17) is 11.6 Å². The maximum atomic E-state index is 12.6. The molecule has 4 nitrogen and oxygen atoms in total. The van der Waals surface area contributed by atoms with Gasteiger partial charge in [-0.25, -0.2) is 0 Å². The van der Waals surface area contributed by atoms with Crippen molar-refractivity contribution >= 4 is 33.6 Å². The maximum absolute atomic E-state index is 12.6. The minimum atomic E-state index is -3.34.